The Balaban J connectivity index is 1.39. The molecule has 124 valence electrons. The first-order chi connectivity index (χ1) is 11.7. The van der Waals surface area contributed by atoms with Gasteiger partial charge in [0.25, 0.3) is 0 Å². The molecule has 0 aliphatic rings. The third kappa shape index (κ3) is 4.16. The summed E-state index contributed by atoms with van der Waals surface area (Å²) in [7, 11) is 0. The van der Waals surface area contributed by atoms with Crippen LogP contribution in [0.2, 0.25) is 0 Å². The minimum Gasteiger partial charge on any atom is -0.493 e. The Morgan fingerprint density at radius 3 is 2.75 bits per heavy atom. The van der Waals surface area contributed by atoms with Gasteiger partial charge in [-0.05, 0) is 37.1 Å². The van der Waals surface area contributed by atoms with Gasteiger partial charge < -0.3 is 15.0 Å². The average Bonchev–Trinajstić information content (AvgIpc) is 3.00. The number of aromatic amines is 1. The van der Waals surface area contributed by atoms with Gasteiger partial charge in [0.2, 0.25) is 5.91 Å². The molecule has 1 heterocycles. The van der Waals surface area contributed by atoms with Gasteiger partial charge in [-0.2, -0.15) is 0 Å². The van der Waals surface area contributed by atoms with Gasteiger partial charge in [0.1, 0.15) is 5.75 Å². The molecule has 4 nitrogen and oxygen atoms in total. The third-order valence-corrected chi connectivity index (χ3v) is 4.01. The Bertz CT molecular complexity index is 806. The molecule has 24 heavy (non-hydrogen) atoms. The first kappa shape index (κ1) is 16.1. The SMILES string of the molecule is Cc1ccc(OCCC(=O)NCCc2c[nH]c3ccccc23)cc1. The van der Waals surface area contributed by atoms with Gasteiger partial charge >= 0.3 is 0 Å². The highest BCUT2D eigenvalue weighted by molar-refractivity contribution is 5.83. The Hall–Kier alpha value is -2.75. The molecule has 2 aromatic carbocycles. The van der Waals surface area contributed by atoms with E-state index in [9.17, 15) is 4.79 Å². The third-order valence-electron chi connectivity index (χ3n) is 4.01. The summed E-state index contributed by atoms with van der Waals surface area (Å²) in [5.74, 6) is 0.814. The Morgan fingerprint density at radius 1 is 1.12 bits per heavy atom. The predicted octanol–water partition coefficient (Wildman–Crippen LogP) is 3.60. The number of H-pyrrole nitrogens is 1. The van der Waals surface area contributed by atoms with E-state index in [1.54, 1.807) is 0 Å². The molecule has 0 saturated carbocycles. The zero-order valence-electron chi connectivity index (χ0n) is 13.8. The smallest absolute Gasteiger partial charge is 0.223 e. The van der Waals surface area contributed by atoms with Crippen molar-refractivity contribution in [1.82, 2.24) is 10.3 Å². The van der Waals surface area contributed by atoms with E-state index in [2.05, 4.69) is 22.4 Å². The van der Waals surface area contributed by atoms with E-state index >= 15 is 0 Å². The van der Waals surface area contributed by atoms with Crippen molar-refractivity contribution in [1.29, 1.82) is 0 Å². The van der Waals surface area contributed by atoms with Crippen molar-refractivity contribution in [3.05, 3.63) is 65.9 Å². The van der Waals surface area contributed by atoms with E-state index in [4.69, 9.17) is 4.74 Å². The lowest BCUT2D eigenvalue weighted by Gasteiger charge is -2.07. The van der Waals surface area contributed by atoms with Crippen molar-refractivity contribution in [2.75, 3.05) is 13.2 Å². The first-order valence-corrected chi connectivity index (χ1v) is 8.23. The monoisotopic (exact) mass is 322 g/mol. The molecule has 0 atom stereocenters. The van der Waals surface area contributed by atoms with Crippen LogP contribution < -0.4 is 10.1 Å². The summed E-state index contributed by atoms with van der Waals surface area (Å²) < 4.78 is 5.58. The molecule has 0 spiro atoms. The summed E-state index contributed by atoms with van der Waals surface area (Å²) in [4.78, 5) is 15.1. The van der Waals surface area contributed by atoms with E-state index < -0.39 is 0 Å². The lowest BCUT2D eigenvalue weighted by Crippen LogP contribution is -2.26. The average molecular weight is 322 g/mol. The normalized spacial score (nSPS) is 10.7. The van der Waals surface area contributed by atoms with Crippen molar-refractivity contribution in [2.24, 2.45) is 0 Å². The summed E-state index contributed by atoms with van der Waals surface area (Å²) in [6.45, 7) is 3.05. The summed E-state index contributed by atoms with van der Waals surface area (Å²) in [6.07, 6.45) is 3.19. The maximum Gasteiger partial charge on any atom is 0.223 e. The highest BCUT2D eigenvalue weighted by Crippen LogP contribution is 2.17. The maximum absolute atomic E-state index is 11.9. The molecular weight excluding hydrogens is 300 g/mol. The zero-order chi connectivity index (χ0) is 16.8. The van der Waals surface area contributed by atoms with Crippen LogP contribution in [0.25, 0.3) is 10.9 Å². The van der Waals surface area contributed by atoms with Gasteiger partial charge in [-0.15, -0.1) is 0 Å². The number of aromatic nitrogens is 1. The predicted molar refractivity (Wildman–Crippen MR) is 96.3 cm³/mol. The fourth-order valence-corrected chi connectivity index (χ4v) is 2.66. The molecule has 2 N–H and O–H groups in total. The summed E-state index contributed by atoms with van der Waals surface area (Å²) in [5.41, 5.74) is 3.55. The number of carbonyl (C=O) groups excluding carboxylic acids is 1. The van der Waals surface area contributed by atoms with E-state index in [-0.39, 0.29) is 5.91 Å². The van der Waals surface area contributed by atoms with Crippen LogP contribution in [0.5, 0.6) is 5.75 Å². The van der Waals surface area contributed by atoms with E-state index in [1.165, 1.54) is 16.5 Å². The number of hydrogen-bond acceptors (Lipinski definition) is 2. The second-order valence-corrected chi connectivity index (χ2v) is 5.87. The standard InChI is InChI=1S/C20H22N2O2/c1-15-6-8-17(9-7-15)24-13-11-20(23)21-12-10-16-14-22-19-5-3-2-4-18(16)19/h2-9,14,22H,10-13H2,1H3,(H,21,23). The van der Waals surface area contributed by atoms with Crippen LogP contribution in [-0.4, -0.2) is 24.0 Å². The van der Waals surface area contributed by atoms with Crippen molar-refractivity contribution < 1.29 is 9.53 Å². The summed E-state index contributed by atoms with van der Waals surface area (Å²) in [6, 6.07) is 16.0. The zero-order valence-corrected chi connectivity index (χ0v) is 13.8. The molecule has 0 saturated heterocycles. The molecule has 0 unspecified atom stereocenters. The molecule has 0 radical (unpaired) electrons. The van der Waals surface area contributed by atoms with Crippen LogP contribution in [-0.2, 0) is 11.2 Å². The van der Waals surface area contributed by atoms with Crippen LogP contribution in [0.1, 0.15) is 17.5 Å². The van der Waals surface area contributed by atoms with Crippen LogP contribution >= 0.6 is 0 Å². The van der Waals surface area contributed by atoms with Crippen molar-refractivity contribution in [3.8, 4) is 5.75 Å². The minimum atomic E-state index is 0.0157. The van der Waals surface area contributed by atoms with Crippen molar-refractivity contribution >= 4 is 16.8 Å². The Kier molecular flexibility index (Phi) is 5.16. The number of hydrogen-bond donors (Lipinski definition) is 2. The topological polar surface area (TPSA) is 54.1 Å². The number of benzene rings is 2. The second kappa shape index (κ2) is 7.68. The van der Waals surface area contributed by atoms with Gasteiger partial charge in [-0.3, -0.25) is 4.79 Å². The molecule has 0 bridgehead atoms. The summed E-state index contributed by atoms with van der Waals surface area (Å²) in [5, 5.41) is 4.17. The van der Waals surface area contributed by atoms with E-state index in [0.29, 0.717) is 19.6 Å². The van der Waals surface area contributed by atoms with Crippen LogP contribution in [0.15, 0.2) is 54.7 Å². The second-order valence-electron chi connectivity index (χ2n) is 5.87. The van der Waals surface area contributed by atoms with Crippen LogP contribution in [0.4, 0.5) is 0 Å². The number of nitrogens with one attached hydrogen (secondary N) is 2. The molecule has 4 heteroatoms. The van der Waals surface area contributed by atoms with Crippen molar-refractivity contribution in [2.45, 2.75) is 19.8 Å². The fraction of sp³-hybridized carbons (Fsp3) is 0.250. The van der Waals surface area contributed by atoms with Crippen LogP contribution in [0.3, 0.4) is 0 Å². The number of aryl methyl sites for hydroxylation is 1. The minimum absolute atomic E-state index is 0.0157. The molecule has 0 aliphatic carbocycles. The van der Waals surface area contributed by atoms with E-state index in [1.807, 2.05) is 49.5 Å². The van der Waals surface area contributed by atoms with Crippen molar-refractivity contribution in [3.63, 3.8) is 0 Å². The molecule has 3 aromatic rings. The molecule has 1 aromatic heterocycles. The van der Waals surface area contributed by atoms with Gasteiger partial charge in [0.15, 0.2) is 0 Å². The molecule has 1 amide bonds. The molecular formula is C20H22N2O2. The summed E-state index contributed by atoms with van der Waals surface area (Å²) >= 11 is 0. The van der Waals surface area contributed by atoms with Gasteiger partial charge in [0, 0.05) is 23.6 Å². The number of amides is 1. The molecule has 3 rings (SSSR count). The van der Waals surface area contributed by atoms with Crippen LogP contribution in [0, 0.1) is 6.92 Å². The highest BCUT2D eigenvalue weighted by atomic mass is 16.5. The molecule has 0 aliphatic heterocycles. The lowest BCUT2D eigenvalue weighted by atomic mass is 10.1. The van der Waals surface area contributed by atoms with Gasteiger partial charge in [0.05, 0.1) is 13.0 Å². The Morgan fingerprint density at radius 2 is 1.92 bits per heavy atom. The number of fused-ring (bicyclic) bond motifs is 1. The Labute approximate surface area is 141 Å². The number of para-hydroxylation sites is 1. The van der Waals surface area contributed by atoms with Gasteiger partial charge in [-0.25, -0.2) is 0 Å². The first-order valence-electron chi connectivity index (χ1n) is 8.23. The van der Waals surface area contributed by atoms with E-state index in [0.717, 1.165) is 17.7 Å². The number of ether oxygens (including phenoxy) is 1. The van der Waals surface area contributed by atoms with Gasteiger partial charge in [-0.1, -0.05) is 35.9 Å². The fourth-order valence-electron chi connectivity index (χ4n) is 2.66. The number of carbonyl (C=O) groups is 1. The quantitative estimate of drug-likeness (QED) is 0.698. The number of rotatable bonds is 7. The largest absolute Gasteiger partial charge is 0.493 e. The molecule has 0 fully saturated rings. The maximum atomic E-state index is 11.9. The lowest BCUT2D eigenvalue weighted by molar-refractivity contribution is -0.121. The highest BCUT2D eigenvalue weighted by Gasteiger charge is 2.05.